The molecule has 0 saturated carbocycles. The van der Waals surface area contributed by atoms with Gasteiger partial charge in [0, 0.05) is 18.7 Å². The first-order valence-electron chi connectivity index (χ1n) is 12.6. The first kappa shape index (κ1) is 24.9. The summed E-state index contributed by atoms with van der Waals surface area (Å²) in [4.78, 5) is 35.4. The molecule has 2 amide bonds. The Morgan fingerprint density at radius 1 is 1.14 bits per heavy atom. The van der Waals surface area contributed by atoms with Gasteiger partial charge in [0.1, 0.15) is 4.70 Å². The number of benzene rings is 1. The Morgan fingerprint density at radius 3 is 2.50 bits per heavy atom. The highest BCUT2D eigenvalue weighted by Gasteiger charge is 2.40. The van der Waals surface area contributed by atoms with Crippen LogP contribution in [0.4, 0.5) is 5.13 Å². The Bertz CT molecular complexity index is 1270. The number of hydrogen-bond donors (Lipinski definition) is 2. The van der Waals surface area contributed by atoms with Crippen molar-refractivity contribution in [3.05, 3.63) is 41.1 Å². The van der Waals surface area contributed by atoms with Crippen molar-refractivity contribution in [2.75, 3.05) is 31.5 Å². The summed E-state index contributed by atoms with van der Waals surface area (Å²) in [6.45, 7) is 11.2. The van der Waals surface area contributed by atoms with Crippen molar-refractivity contribution < 1.29 is 14.7 Å². The largest absolute Gasteiger partial charge is 0.391 e. The molecule has 0 bridgehead atoms. The van der Waals surface area contributed by atoms with Gasteiger partial charge in [-0.3, -0.25) is 14.9 Å². The van der Waals surface area contributed by atoms with E-state index in [1.807, 2.05) is 39.8 Å². The van der Waals surface area contributed by atoms with Gasteiger partial charge in [0.2, 0.25) is 0 Å². The highest BCUT2D eigenvalue weighted by molar-refractivity contribution is 7.22. The van der Waals surface area contributed by atoms with Crippen LogP contribution in [0.1, 0.15) is 66.4 Å². The molecule has 192 valence electrons. The van der Waals surface area contributed by atoms with E-state index in [0.29, 0.717) is 46.2 Å². The lowest BCUT2D eigenvalue weighted by atomic mass is 10.1. The van der Waals surface area contributed by atoms with Crippen LogP contribution in [0.5, 0.6) is 0 Å². The molecule has 5 rings (SSSR count). The van der Waals surface area contributed by atoms with Crippen molar-refractivity contribution in [3.8, 4) is 0 Å². The molecule has 3 aromatic rings. The number of rotatable bonds is 5. The minimum Gasteiger partial charge on any atom is -0.391 e. The molecule has 2 atom stereocenters. The predicted octanol–water partition coefficient (Wildman–Crippen LogP) is 3.48. The van der Waals surface area contributed by atoms with Crippen molar-refractivity contribution in [1.29, 1.82) is 0 Å². The lowest BCUT2D eigenvalue weighted by molar-refractivity contribution is 0.0566. The Labute approximate surface area is 215 Å². The van der Waals surface area contributed by atoms with Crippen LogP contribution in [0.15, 0.2) is 24.3 Å². The van der Waals surface area contributed by atoms with E-state index in [1.54, 1.807) is 21.7 Å². The summed E-state index contributed by atoms with van der Waals surface area (Å²) >= 11 is 1.26. The van der Waals surface area contributed by atoms with Gasteiger partial charge in [0.05, 0.1) is 17.7 Å². The molecule has 36 heavy (non-hydrogen) atoms. The van der Waals surface area contributed by atoms with Gasteiger partial charge in [-0.25, -0.2) is 4.68 Å². The van der Waals surface area contributed by atoms with E-state index in [-0.39, 0.29) is 17.9 Å². The van der Waals surface area contributed by atoms with Crippen LogP contribution in [0.25, 0.3) is 10.3 Å². The molecular formula is C26H34N6O3S. The molecule has 4 heterocycles. The maximum Gasteiger partial charge on any atom is 0.276 e. The fraction of sp³-hybridized carbons (Fsp3) is 0.538. The van der Waals surface area contributed by atoms with Crippen LogP contribution >= 0.6 is 11.3 Å². The van der Waals surface area contributed by atoms with E-state index in [2.05, 4.69) is 15.2 Å². The van der Waals surface area contributed by atoms with Gasteiger partial charge in [-0.15, -0.1) is 0 Å². The van der Waals surface area contributed by atoms with Crippen LogP contribution in [-0.2, 0) is 5.54 Å². The second-order valence-electron chi connectivity index (χ2n) is 10.9. The average molecular weight is 511 g/mol. The summed E-state index contributed by atoms with van der Waals surface area (Å²) in [5, 5.41) is 18.7. The third-order valence-corrected chi connectivity index (χ3v) is 7.98. The van der Waals surface area contributed by atoms with E-state index < -0.39 is 11.6 Å². The van der Waals surface area contributed by atoms with Gasteiger partial charge >= 0.3 is 0 Å². The zero-order valence-electron chi connectivity index (χ0n) is 21.3. The fourth-order valence-electron chi connectivity index (χ4n) is 5.01. The van der Waals surface area contributed by atoms with Gasteiger partial charge in [0.15, 0.2) is 16.5 Å². The molecule has 2 fully saturated rings. The third kappa shape index (κ3) is 4.77. The number of carbonyl (C=O) groups is 2. The molecular weight excluding hydrogens is 476 g/mol. The number of aryl methyl sites for hydroxylation is 1. The number of hydrogen-bond acceptors (Lipinski definition) is 7. The van der Waals surface area contributed by atoms with Gasteiger partial charge in [-0.1, -0.05) is 29.0 Å². The van der Waals surface area contributed by atoms with Crippen LogP contribution in [0.3, 0.4) is 0 Å². The van der Waals surface area contributed by atoms with Crippen LogP contribution in [-0.4, -0.2) is 79.8 Å². The second kappa shape index (κ2) is 9.57. The SMILES string of the molecule is Cc1ccc(C(=O)Nc2nc3c(s2)c(C(=O)N2CCC(O)[C@H]2CN2CCCC2)nn3C(C)(C)C)cc1. The lowest BCUT2D eigenvalue weighted by Gasteiger charge is -2.29. The van der Waals surface area contributed by atoms with Gasteiger partial charge in [-0.05, 0) is 72.2 Å². The summed E-state index contributed by atoms with van der Waals surface area (Å²) in [7, 11) is 0. The molecule has 2 aliphatic heterocycles. The summed E-state index contributed by atoms with van der Waals surface area (Å²) in [6.07, 6.45) is 2.34. The second-order valence-corrected chi connectivity index (χ2v) is 11.9. The number of thiazole rings is 1. The highest BCUT2D eigenvalue weighted by atomic mass is 32.1. The molecule has 0 radical (unpaired) electrons. The molecule has 2 aromatic heterocycles. The van der Waals surface area contributed by atoms with Crippen molar-refractivity contribution in [2.24, 2.45) is 0 Å². The number of nitrogens with zero attached hydrogens (tertiary/aromatic N) is 5. The Balaban J connectivity index is 1.46. The molecule has 2 aliphatic rings. The predicted molar refractivity (Wildman–Crippen MR) is 141 cm³/mol. The lowest BCUT2D eigenvalue weighted by Crippen LogP contribution is -2.46. The zero-order valence-corrected chi connectivity index (χ0v) is 22.1. The molecule has 1 unspecified atom stereocenters. The van der Waals surface area contributed by atoms with Crippen molar-refractivity contribution in [3.63, 3.8) is 0 Å². The number of likely N-dealkylation sites (tertiary alicyclic amines) is 2. The number of aromatic nitrogens is 3. The number of fused-ring (bicyclic) bond motifs is 1. The van der Waals surface area contributed by atoms with E-state index >= 15 is 0 Å². The first-order chi connectivity index (χ1) is 17.1. The average Bonchev–Trinajstić information content (AvgIpc) is 3.59. The van der Waals surface area contributed by atoms with Gasteiger partial charge in [-0.2, -0.15) is 10.1 Å². The Hall–Kier alpha value is -2.82. The number of anilines is 1. The maximum atomic E-state index is 13.8. The number of aliphatic hydroxyl groups excluding tert-OH is 1. The van der Waals surface area contributed by atoms with E-state index in [1.165, 1.54) is 11.3 Å². The van der Waals surface area contributed by atoms with Crippen molar-refractivity contribution >= 4 is 38.6 Å². The summed E-state index contributed by atoms with van der Waals surface area (Å²) in [5.41, 5.74) is 2.11. The number of aliphatic hydroxyl groups is 1. The van der Waals surface area contributed by atoms with Gasteiger partial charge < -0.3 is 14.9 Å². The molecule has 0 aliphatic carbocycles. The van der Waals surface area contributed by atoms with Crippen molar-refractivity contribution in [1.82, 2.24) is 24.6 Å². The molecule has 1 aromatic carbocycles. The minimum atomic E-state index is -0.541. The Morgan fingerprint density at radius 2 is 1.83 bits per heavy atom. The molecule has 0 spiro atoms. The topological polar surface area (TPSA) is 104 Å². The molecule has 9 nitrogen and oxygen atoms in total. The molecule has 2 saturated heterocycles. The fourth-order valence-corrected chi connectivity index (χ4v) is 5.93. The number of carbonyl (C=O) groups excluding carboxylic acids is 2. The highest BCUT2D eigenvalue weighted by Crippen LogP contribution is 2.34. The summed E-state index contributed by atoms with van der Waals surface area (Å²) in [6, 6.07) is 7.10. The normalized spacial score (nSPS) is 21.0. The molecule has 10 heteroatoms. The van der Waals surface area contributed by atoms with Crippen LogP contribution in [0, 0.1) is 6.92 Å². The van der Waals surface area contributed by atoms with E-state index in [0.717, 1.165) is 31.5 Å². The van der Waals surface area contributed by atoms with Crippen LogP contribution in [0.2, 0.25) is 0 Å². The van der Waals surface area contributed by atoms with E-state index in [4.69, 9.17) is 5.10 Å². The standard InChI is InChI=1S/C26H34N6O3S/c1-16-7-9-17(10-8-16)23(34)28-25-27-22-21(36-25)20(29-32(22)26(2,3)4)24(35)31-14-11-19(33)18(31)15-30-12-5-6-13-30/h7-10,18-19,33H,5-6,11-15H2,1-4H3,(H,27,28,34)/t18-,19?/m1/s1. The smallest absolute Gasteiger partial charge is 0.276 e. The van der Waals surface area contributed by atoms with Crippen LogP contribution < -0.4 is 5.32 Å². The number of nitrogens with one attached hydrogen (secondary N) is 1. The molecule has 2 N–H and O–H groups in total. The van der Waals surface area contributed by atoms with E-state index in [9.17, 15) is 14.7 Å². The summed E-state index contributed by atoms with van der Waals surface area (Å²) < 4.78 is 2.41. The summed E-state index contributed by atoms with van der Waals surface area (Å²) in [5.74, 6) is -0.438. The van der Waals surface area contributed by atoms with Crippen molar-refractivity contribution in [2.45, 2.75) is 64.6 Å². The maximum absolute atomic E-state index is 13.8. The minimum absolute atomic E-state index is 0.191. The Kier molecular flexibility index (Phi) is 6.61. The monoisotopic (exact) mass is 510 g/mol. The van der Waals surface area contributed by atoms with Gasteiger partial charge in [0.25, 0.3) is 11.8 Å². The number of amides is 2. The quantitative estimate of drug-likeness (QED) is 0.545. The third-order valence-electron chi connectivity index (χ3n) is 7.01. The first-order valence-corrected chi connectivity index (χ1v) is 13.4. The zero-order chi connectivity index (χ0) is 25.6.